The molecule has 1 aliphatic rings. The molecule has 0 radical (unpaired) electrons. The summed E-state index contributed by atoms with van der Waals surface area (Å²) >= 11 is 0. The van der Waals surface area contributed by atoms with Crippen molar-refractivity contribution >= 4 is 5.71 Å². The Morgan fingerprint density at radius 2 is 1.82 bits per heavy atom. The largest absolute Gasteiger partial charge is 0.416 e. The zero-order valence-corrected chi connectivity index (χ0v) is 15.5. The summed E-state index contributed by atoms with van der Waals surface area (Å²) in [6.07, 6.45) is -2.66. The highest BCUT2D eigenvalue weighted by molar-refractivity contribution is 6.15. The third-order valence-corrected chi connectivity index (χ3v) is 4.63. The quantitative estimate of drug-likeness (QED) is 0.675. The molecular formula is C21H19F3N4. The second-order valence-corrected chi connectivity index (χ2v) is 7.00. The van der Waals surface area contributed by atoms with Crippen LogP contribution in [0.15, 0.2) is 59.7 Å². The van der Waals surface area contributed by atoms with Crippen molar-refractivity contribution in [1.29, 1.82) is 0 Å². The number of benzene rings is 2. The fourth-order valence-corrected chi connectivity index (χ4v) is 3.45. The van der Waals surface area contributed by atoms with E-state index in [0.29, 0.717) is 35.9 Å². The summed E-state index contributed by atoms with van der Waals surface area (Å²) < 4.78 is 42.2. The zero-order valence-electron chi connectivity index (χ0n) is 15.5. The van der Waals surface area contributed by atoms with Gasteiger partial charge in [-0.25, -0.2) is 4.98 Å². The number of fused-ring (bicyclic) bond motifs is 3. The van der Waals surface area contributed by atoms with E-state index in [-0.39, 0.29) is 0 Å². The molecule has 144 valence electrons. The Labute approximate surface area is 161 Å². The summed E-state index contributed by atoms with van der Waals surface area (Å²) in [4.78, 5) is 11.1. The van der Waals surface area contributed by atoms with Crippen LogP contribution in [0.3, 0.4) is 0 Å². The average molecular weight is 384 g/mol. The Hall–Kier alpha value is -2.93. The van der Waals surface area contributed by atoms with Crippen molar-refractivity contribution in [3.05, 3.63) is 82.9 Å². The fraction of sp³-hybridized carbons (Fsp3) is 0.238. The minimum atomic E-state index is -4.42. The van der Waals surface area contributed by atoms with Gasteiger partial charge in [-0.15, -0.1) is 0 Å². The number of hydrogen-bond donors (Lipinski definition) is 0. The molecule has 0 unspecified atom stereocenters. The molecule has 4 nitrogen and oxygen atoms in total. The monoisotopic (exact) mass is 384 g/mol. The van der Waals surface area contributed by atoms with E-state index in [4.69, 9.17) is 0 Å². The molecule has 4 rings (SSSR count). The zero-order chi connectivity index (χ0) is 19.9. The summed E-state index contributed by atoms with van der Waals surface area (Å²) in [5.74, 6) is 0.712. The van der Waals surface area contributed by atoms with Crippen LogP contribution >= 0.6 is 0 Å². The van der Waals surface area contributed by atoms with E-state index >= 15 is 0 Å². The van der Waals surface area contributed by atoms with Crippen molar-refractivity contribution in [3.63, 3.8) is 0 Å². The van der Waals surface area contributed by atoms with Gasteiger partial charge in [-0.2, -0.15) is 13.2 Å². The molecule has 28 heavy (non-hydrogen) atoms. The smallest absolute Gasteiger partial charge is 0.304 e. The lowest BCUT2D eigenvalue weighted by Crippen LogP contribution is -2.16. The van der Waals surface area contributed by atoms with Gasteiger partial charge < -0.3 is 4.90 Å². The highest BCUT2D eigenvalue weighted by Crippen LogP contribution is 2.34. The van der Waals surface area contributed by atoms with E-state index in [1.165, 1.54) is 12.1 Å². The maximum atomic E-state index is 13.4. The molecule has 2 aromatic carbocycles. The predicted octanol–water partition coefficient (Wildman–Crippen LogP) is 4.30. The van der Waals surface area contributed by atoms with Gasteiger partial charge >= 0.3 is 6.18 Å². The minimum absolute atomic E-state index is 0.299. The molecule has 0 N–H and O–H groups in total. The van der Waals surface area contributed by atoms with Gasteiger partial charge in [0.1, 0.15) is 5.82 Å². The lowest BCUT2D eigenvalue weighted by Gasteiger charge is -2.18. The second-order valence-electron chi connectivity index (χ2n) is 7.00. The number of hydrogen-bond acceptors (Lipinski definition) is 3. The topological polar surface area (TPSA) is 33.4 Å². The molecule has 0 fully saturated rings. The third kappa shape index (κ3) is 3.33. The Balaban J connectivity index is 1.96. The molecular weight excluding hydrogens is 365 g/mol. The molecule has 1 aromatic heterocycles. The maximum Gasteiger partial charge on any atom is 0.416 e. The normalized spacial score (nSPS) is 13.7. The predicted molar refractivity (Wildman–Crippen MR) is 102 cm³/mol. The number of aromatic nitrogens is 2. The highest BCUT2D eigenvalue weighted by atomic mass is 19.4. The number of nitrogens with zero attached hydrogens (tertiary/aromatic N) is 4. The van der Waals surface area contributed by atoms with Crippen molar-refractivity contribution in [2.45, 2.75) is 19.3 Å². The third-order valence-electron chi connectivity index (χ3n) is 4.63. The van der Waals surface area contributed by atoms with Crippen molar-refractivity contribution in [3.8, 4) is 5.69 Å². The van der Waals surface area contributed by atoms with Crippen LogP contribution in [0.4, 0.5) is 13.2 Å². The van der Waals surface area contributed by atoms with E-state index in [0.717, 1.165) is 17.3 Å². The highest BCUT2D eigenvalue weighted by Gasteiger charge is 2.32. The second kappa shape index (κ2) is 6.91. The summed E-state index contributed by atoms with van der Waals surface area (Å²) in [5, 5.41) is 0. The van der Waals surface area contributed by atoms with Crippen LogP contribution < -0.4 is 0 Å². The van der Waals surface area contributed by atoms with Gasteiger partial charge in [-0.05, 0) is 32.3 Å². The van der Waals surface area contributed by atoms with Crippen LogP contribution in [0.25, 0.3) is 5.69 Å². The Kier molecular flexibility index (Phi) is 4.55. The first-order valence-electron chi connectivity index (χ1n) is 8.86. The molecule has 0 saturated heterocycles. The van der Waals surface area contributed by atoms with E-state index < -0.39 is 11.7 Å². The van der Waals surface area contributed by atoms with E-state index in [1.54, 1.807) is 6.20 Å². The van der Waals surface area contributed by atoms with Gasteiger partial charge in [0, 0.05) is 17.7 Å². The number of halogens is 3. The maximum absolute atomic E-state index is 13.4. The average Bonchev–Trinajstić information content (AvgIpc) is 2.95. The van der Waals surface area contributed by atoms with Crippen molar-refractivity contribution < 1.29 is 13.2 Å². The lowest BCUT2D eigenvalue weighted by atomic mass is 9.98. The molecule has 7 heteroatoms. The molecule has 0 spiro atoms. The van der Waals surface area contributed by atoms with Crippen molar-refractivity contribution in [1.82, 2.24) is 14.5 Å². The van der Waals surface area contributed by atoms with E-state index in [1.807, 2.05) is 53.9 Å². The standard InChI is InChI=1S/C21H19F3N4/c1-27(2)13-16-11-25-19-12-26-20(14-6-4-3-5-7-14)17-10-15(21(22,23)24)8-9-18(17)28(16)19/h3-11H,12-13H2,1-2H3. The van der Waals surface area contributed by atoms with Gasteiger partial charge in [0.05, 0.1) is 35.4 Å². The van der Waals surface area contributed by atoms with E-state index in [2.05, 4.69) is 9.98 Å². The SMILES string of the molecule is CN(C)Cc1cnc2n1-c1ccc(C(F)(F)F)cc1C(c1ccccc1)=NC2. The Bertz CT molecular complexity index is 1030. The Morgan fingerprint density at radius 1 is 1.07 bits per heavy atom. The van der Waals surface area contributed by atoms with Gasteiger partial charge in [0.15, 0.2) is 0 Å². The summed E-state index contributed by atoms with van der Waals surface area (Å²) in [6, 6.07) is 13.1. The molecule has 2 heterocycles. The lowest BCUT2D eigenvalue weighted by molar-refractivity contribution is -0.137. The van der Waals surface area contributed by atoms with Crippen LogP contribution in [0.1, 0.15) is 28.2 Å². The Morgan fingerprint density at radius 3 is 2.50 bits per heavy atom. The van der Waals surface area contributed by atoms with Gasteiger partial charge in [-0.1, -0.05) is 30.3 Å². The van der Waals surface area contributed by atoms with E-state index in [9.17, 15) is 13.2 Å². The van der Waals surface area contributed by atoms with Gasteiger partial charge in [-0.3, -0.25) is 9.56 Å². The molecule has 0 atom stereocenters. The molecule has 0 bridgehead atoms. The van der Waals surface area contributed by atoms with Crippen molar-refractivity contribution in [2.24, 2.45) is 4.99 Å². The number of alkyl halides is 3. The van der Waals surface area contributed by atoms with Crippen LogP contribution in [0.2, 0.25) is 0 Å². The first-order chi connectivity index (χ1) is 13.3. The number of rotatable bonds is 3. The molecule has 0 aliphatic carbocycles. The number of imidazole rings is 1. The fourth-order valence-electron chi connectivity index (χ4n) is 3.45. The first kappa shape index (κ1) is 18.4. The van der Waals surface area contributed by atoms with Gasteiger partial charge in [0.25, 0.3) is 0 Å². The first-order valence-corrected chi connectivity index (χ1v) is 8.86. The molecule has 0 saturated carbocycles. The summed E-state index contributed by atoms with van der Waals surface area (Å²) in [6.45, 7) is 0.918. The molecule has 3 aromatic rings. The minimum Gasteiger partial charge on any atom is -0.304 e. The molecule has 0 amide bonds. The van der Waals surface area contributed by atoms with Crippen LogP contribution in [0.5, 0.6) is 0 Å². The molecule has 1 aliphatic heterocycles. The van der Waals surface area contributed by atoms with Crippen LogP contribution in [-0.2, 0) is 19.3 Å². The van der Waals surface area contributed by atoms with Crippen molar-refractivity contribution in [2.75, 3.05) is 14.1 Å². The number of aliphatic imine (C=N–C) groups is 1. The summed E-state index contributed by atoms with van der Waals surface area (Å²) in [7, 11) is 3.88. The van der Waals surface area contributed by atoms with Gasteiger partial charge in [0.2, 0.25) is 0 Å². The summed E-state index contributed by atoms with van der Waals surface area (Å²) in [5.41, 5.74) is 2.67. The van der Waals surface area contributed by atoms with Crippen LogP contribution in [0, 0.1) is 0 Å². The van der Waals surface area contributed by atoms with Crippen LogP contribution in [-0.4, -0.2) is 34.3 Å².